The van der Waals surface area contributed by atoms with Crippen molar-refractivity contribution in [2.45, 2.75) is 25.6 Å². The van der Waals surface area contributed by atoms with Crippen LogP contribution in [0, 0.1) is 0 Å². The van der Waals surface area contributed by atoms with E-state index in [1.54, 1.807) is 0 Å². The van der Waals surface area contributed by atoms with E-state index in [9.17, 15) is 18.0 Å². The molecule has 0 radical (unpaired) electrons. The molecule has 1 aliphatic heterocycles. The monoisotopic (exact) mass is 402 g/mol. The van der Waals surface area contributed by atoms with Crippen LogP contribution in [-0.4, -0.2) is 31.9 Å². The number of alkyl halides is 3. The zero-order valence-electron chi connectivity index (χ0n) is 12.4. The molecule has 0 aromatic carbocycles. The van der Waals surface area contributed by atoms with Crippen molar-refractivity contribution < 1.29 is 22.8 Å². The quantitative estimate of drug-likeness (QED) is 0.773. The molecule has 3 heterocycles. The highest BCUT2D eigenvalue weighted by atomic mass is 79.9. The first-order valence-corrected chi connectivity index (χ1v) is 7.49. The molecule has 0 saturated heterocycles. The largest absolute Gasteiger partial charge is 0.433 e. The first kappa shape index (κ1) is 16.6. The van der Waals surface area contributed by atoms with Crippen LogP contribution >= 0.6 is 15.9 Å². The minimum Gasteiger partial charge on any atom is -0.381 e. The van der Waals surface area contributed by atoms with Crippen molar-refractivity contribution >= 4 is 27.4 Å². The van der Waals surface area contributed by atoms with E-state index in [2.05, 4.69) is 31.2 Å². The molecule has 6 nitrogen and oxygen atoms in total. The molecular weight excluding hydrogens is 393 g/mol. The lowest BCUT2D eigenvalue weighted by Gasteiger charge is -2.11. The fourth-order valence-electron chi connectivity index (χ4n) is 2.06. The van der Waals surface area contributed by atoms with Crippen LogP contribution in [0.1, 0.15) is 25.2 Å². The van der Waals surface area contributed by atoms with Gasteiger partial charge in [-0.1, -0.05) is 5.16 Å². The number of hydrogen-bond donors (Lipinski definition) is 0. The standard InChI is InChI=1S/C14H10BrF3N4O2/c1-13(2)12(23)11(21-24-13)8-5-9(14(16,17)18)22(20-8)10-4-3-7(15)6-19-10/h3-6H,1-2H3. The number of hydrogen-bond acceptors (Lipinski definition) is 5. The van der Waals surface area contributed by atoms with E-state index < -0.39 is 23.3 Å². The highest BCUT2D eigenvalue weighted by Gasteiger charge is 2.43. The molecule has 3 rings (SSSR count). The van der Waals surface area contributed by atoms with Gasteiger partial charge in [0.25, 0.3) is 0 Å². The Kier molecular flexibility index (Phi) is 3.74. The van der Waals surface area contributed by atoms with Crippen LogP contribution in [0.15, 0.2) is 34.0 Å². The van der Waals surface area contributed by atoms with E-state index in [0.29, 0.717) is 9.15 Å². The zero-order chi connectivity index (χ0) is 17.7. The number of aromatic nitrogens is 3. The van der Waals surface area contributed by atoms with Crippen molar-refractivity contribution in [1.29, 1.82) is 0 Å². The lowest BCUT2D eigenvalue weighted by Crippen LogP contribution is -2.33. The number of Topliss-reactive ketones (excluding diaryl/α,β-unsaturated/α-hetero) is 1. The van der Waals surface area contributed by atoms with Gasteiger partial charge < -0.3 is 4.84 Å². The minimum atomic E-state index is -4.68. The summed E-state index contributed by atoms with van der Waals surface area (Å²) in [4.78, 5) is 21.0. The number of pyridine rings is 1. The predicted molar refractivity (Wildman–Crippen MR) is 80.8 cm³/mol. The number of nitrogens with zero attached hydrogens (tertiary/aromatic N) is 4. The van der Waals surface area contributed by atoms with Gasteiger partial charge in [0.2, 0.25) is 5.78 Å². The maximum Gasteiger partial charge on any atom is 0.433 e. The third kappa shape index (κ3) is 2.81. The first-order valence-electron chi connectivity index (χ1n) is 6.70. The average molecular weight is 403 g/mol. The first-order chi connectivity index (χ1) is 11.1. The summed E-state index contributed by atoms with van der Waals surface area (Å²) in [5.41, 5.74) is -2.76. The maximum atomic E-state index is 13.3. The van der Waals surface area contributed by atoms with Crippen LogP contribution in [0.4, 0.5) is 13.2 Å². The fourth-order valence-corrected chi connectivity index (χ4v) is 2.29. The van der Waals surface area contributed by atoms with Gasteiger partial charge in [0.05, 0.1) is 0 Å². The van der Waals surface area contributed by atoms with Gasteiger partial charge in [-0.3, -0.25) is 4.79 Å². The van der Waals surface area contributed by atoms with Gasteiger partial charge in [-0.05, 0) is 48.0 Å². The number of halogens is 4. The van der Waals surface area contributed by atoms with Gasteiger partial charge in [-0.25, -0.2) is 9.67 Å². The van der Waals surface area contributed by atoms with Crippen molar-refractivity contribution in [3.8, 4) is 5.82 Å². The van der Waals surface area contributed by atoms with Gasteiger partial charge >= 0.3 is 6.18 Å². The predicted octanol–water partition coefficient (Wildman–Crippen LogP) is 3.13. The number of rotatable bonds is 2. The van der Waals surface area contributed by atoms with Crippen LogP contribution in [0.5, 0.6) is 0 Å². The number of oxime groups is 1. The molecule has 1 aliphatic rings. The smallest absolute Gasteiger partial charge is 0.381 e. The van der Waals surface area contributed by atoms with Gasteiger partial charge in [0, 0.05) is 10.7 Å². The van der Waals surface area contributed by atoms with Crippen LogP contribution in [0.25, 0.3) is 5.82 Å². The Morgan fingerprint density at radius 2 is 2.00 bits per heavy atom. The van der Waals surface area contributed by atoms with Crippen LogP contribution in [-0.2, 0) is 15.8 Å². The molecule has 126 valence electrons. The van der Waals surface area contributed by atoms with Gasteiger partial charge in [0.15, 0.2) is 22.8 Å². The van der Waals surface area contributed by atoms with Crippen LogP contribution < -0.4 is 0 Å². The number of ketones is 1. The van der Waals surface area contributed by atoms with E-state index in [-0.39, 0.29) is 17.2 Å². The highest BCUT2D eigenvalue weighted by Crippen LogP contribution is 2.32. The lowest BCUT2D eigenvalue weighted by atomic mass is 9.99. The van der Waals surface area contributed by atoms with Crippen LogP contribution in [0.2, 0.25) is 0 Å². The van der Waals surface area contributed by atoms with Gasteiger partial charge in [-0.2, -0.15) is 18.3 Å². The molecule has 0 amide bonds. The molecule has 0 spiro atoms. The normalized spacial score (nSPS) is 16.9. The summed E-state index contributed by atoms with van der Waals surface area (Å²) in [6.07, 6.45) is -3.33. The summed E-state index contributed by atoms with van der Waals surface area (Å²) in [5, 5.41) is 7.44. The molecule has 0 saturated carbocycles. The Morgan fingerprint density at radius 1 is 1.29 bits per heavy atom. The Labute approximate surface area is 142 Å². The average Bonchev–Trinajstić information content (AvgIpc) is 3.03. The van der Waals surface area contributed by atoms with Gasteiger partial charge in [0.1, 0.15) is 5.69 Å². The molecule has 24 heavy (non-hydrogen) atoms. The summed E-state index contributed by atoms with van der Waals surface area (Å²) in [7, 11) is 0. The number of carbonyl (C=O) groups is 1. The van der Waals surface area contributed by atoms with Crippen molar-refractivity contribution in [2.75, 3.05) is 0 Å². The van der Waals surface area contributed by atoms with Crippen molar-refractivity contribution in [3.05, 3.63) is 40.3 Å². The van der Waals surface area contributed by atoms with Crippen molar-refractivity contribution in [3.63, 3.8) is 0 Å². The zero-order valence-corrected chi connectivity index (χ0v) is 14.0. The molecule has 0 bridgehead atoms. The fraction of sp³-hybridized carbons (Fsp3) is 0.286. The molecule has 2 aromatic heterocycles. The molecule has 0 unspecified atom stereocenters. The maximum absolute atomic E-state index is 13.3. The van der Waals surface area contributed by atoms with E-state index in [1.807, 2.05) is 0 Å². The van der Waals surface area contributed by atoms with E-state index in [0.717, 1.165) is 6.07 Å². The summed E-state index contributed by atoms with van der Waals surface area (Å²) in [5.74, 6) is -0.576. The minimum absolute atomic E-state index is 0.0389. The second-order valence-corrected chi connectivity index (χ2v) is 6.45. The third-order valence-electron chi connectivity index (χ3n) is 3.30. The molecule has 0 fully saturated rings. The van der Waals surface area contributed by atoms with E-state index >= 15 is 0 Å². The van der Waals surface area contributed by atoms with Crippen LogP contribution in [0.3, 0.4) is 0 Å². The van der Waals surface area contributed by atoms with E-state index in [4.69, 9.17) is 4.84 Å². The van der Waals surface area contributed by atoms with Crippen molar-refractivity contribution in [2.24, 2.45) is 5.16 Å². The van der Waals surface area contributed by atoms with E-state index in [1.165, 1.54) is 32.2 Å². The molecule has 10 heteroatoms. The molecule has 0 aliphatic carbocycles. The topological polar surface area (TPSA) is 69.4 Å². The molecule has 0 N–H and O–H groups in total. The second kappa shape index (κ2) is 5.40. The van der Waals surface area contributed by atoms with Gasteiger partial charge in [-0.15, -0.1) is 0 Å². The second-order valence-electron chi connectivity index (χ2n) is 5.53. The Hall–Kier alpha value is -2.23. The lowest BCUT2D eigenvalue weighted by molar-refractivity contribution is -0.142. The summed E-state index contributed by atoms with van der Waals surface area (Å²) in [6, 6.07) is 3.66. The SMILES string of the molecule is CC1(C)ON=C(c2cc(C(F)(F)F)n(-c3ccc(Br)cn3)n2)C1=O. The summed E-state index contributed by atoms with van der Waals surface area (Å²) < 4.78 is 41.2. The molecule has 2 aromatic rings. The van der Waals surface area contributed by atoms with Crippen molar-refractivity contribution in [1.82, 2.24) is 14.8 Å². The molecular formula is C14H10BrF3N4O2. The number of carbonyl (C=O) groups excluding carboxylic acids is 1. The highest BCUT2D eigenvalue weighted by molar-refractivity contribution is 9.10. The summed E-state index contributed by atoms with van der Waals surface area (Å²) in [6.45, 7) is 2.95. The third-order valence-corrected chi connectivity index (χ3v) is 3.77. The Morgan fingerprint density at radius 3 is 2.50 bits per heavy atom. The summed E-state index contributed by atoms with van der Waals surface area (Å²) >= 11 is 3.16. The Bertz CT molecular complexity index is 841. The Balaban J connectivity index is 2.12. The molecule has 0 atom stereocenters.